The molecule has 10 nitrogen and oxygen atoms in total. The highest BCUT2D eigenvalue weighted by Gasteiger charge is 2.67. The third-order valence-electron chi connectivity index (χ3n) is 11.6. The lowest BCUT2D eigenvalue weighted by Crippen LogP contribution is -2.48. The van der Waals surface area contributed by atoms with Crippen molar-refractivity contribution in [2.24, 2.45) is 29.1 Å². The second-order valence-corrected chi connectivity index (χ2v) is 14.5. The van der Waals surface area contributed by atoms with Crippen molar-refractivity contribution in [1.29, 1.82) is 0 Å². The molecule has 4 amide bonds. The van der Waals surface area contributed by atoms with E-state index in [1.165, 1.54) is 16.9 Å². The van der Waals surface area contributed by atoms with Gasteiger partial charge >= 0.3 is 0 Å². The van der Waals surface area contributed by atoms with E-state index in [0.717, 1.165) is 11.1 Å². The predicted molar refractivity (Wildman–Crippen MR) is 193 cm³/mol. The number of hydrogen-bond acceptors (Lipinski definition) is 8. The summed E-state index contributed by atoms with van der Waals surface area (Å²) in [7, 11) is 1.41. The number of hydrogen-bond donors (Lipinski definition) is 1. The van der Waals surface area contributed by atoms with Crippen molar-refractivity contribution in [2.75, 3.05) is 16.9 Å². The number of carbonyl (C=O) groups excluding carboxylic acids is 4. The summed E-state index contributed by atoms with van der Waals surface area (Å²) in [4.78, 5) is 64.7. The van der Waals surface area contributed by atoms with Crippen LogP contribution in [0, 0.1) is 29.1 Å². The summed E-state index contributed by atoms with van der Waals surface area (Å²) in [6.07, 6.45) is 2.46. The molecule has 4 aliphatic rings. The SMILES string of the molecule is COc1cc(C2C3=CCC4C(=O)N(c5ccc(-c6nc7ccccc7o6)cc5)C(=O)C4C3CC3C(=O)N(c4ccccc4)C(=O)C32C)cc(Cl)c1O. The smallest absolute Gasteiger partial charge is 0.241 e. The molecule has 5 aromatic rings. The Morgan fingerprint density at radius 3 is 2.31 bits per heavy atom. The maximum atomic E-state index is 14.6. The second kappa shape index (κ2) is 11.6. The molecule has 0 radical (unpaired) electrons. The Bertz CT molecular complexity index is 2340. The molecule has 6 unspecified atom stereocenters. The normalized spacial score (nSPS) is 26.8. The molecule has 0 spiro atoms. The first-order chi connectivity index (χ1) is 25.1. The topological polar surface area (TPSA) is 130 Å². The van der Waals surface area contributed by atoms with E-state index in [1.807, 2.05) is 36.4 Å². The minimum absolute atomic E-state index is 0.0298. The number of methoxy groups -OCH3 is 1. The van der Waals surface area contributed by atoms with Gasteiger partial charge in [-0.1, -0.05) is 53.6 Å². The van der Waals surface area contributed by atoms with Gasteiger partial charge in [0.15, 0.2) is 17.1 Å². The van der Waals surface area contributed by atoms with Gasteiger partial charge in [-0.05, 0) is 91.9 Å². The van der Waals surface area contributed by atoms with Crippen molar-refractivity contribution >= 4 is 57.7 Å². The summed E-state index contributed by atoms with van der Waals surface area (Å²) in [6.45, 7) is 1.80. The van der Waals surface area contributed by atoms with Crippen LogP contribution >= 0.6 is 11.6 Å². The Balaban J connectivity index is 1.11. The van der Waals surface area contributed by atoms with E-state index in [2.05, 4.69) is 4.98 Å². The van der Waals surface area contributed by atoms with Gasteiger partial charge in [0.05, 0.1) is 46.7 Å². The number of aromatic nitrogens is 1. The third kappa shape index (κ3) is 4.46. The summed E-state index contributed by atoms with van der Waals surface area (Å²) in [6, 6.07) is 26.5. The number of phenolic OH excluding ortho intramolecular Hbond substituents is 1. The molecule has 1 aromatic heterocycles. The fourth-order valence-electron chi connectivity index (χ4n) is 9.14. The highest BCUT2D eigenvalue weighted by Crippen LogP contribution is 2.64. The van der Waals surface area contributed by atoms with E-state index in [1.54, 1.807) is 67.6 Å². The molecule has 3 heterocycles. The van der Waals surface area contributed by atoms with Gasteiger partial charge in [0, 0.05) is 11.5 Å². The summed E-state index contributed by atoms with van der Waals surface area (Å²) in [5, 5.41) is 10.7. The van der Waals surface area contributed by atoms with Crippen LogP contribution in [0.2, 0.25) is 5.02 Å². The van der Waals surface area contributed by atoms with E-state index in [9.17, 15) is 24.3 Å². The molecule has 9 rings (SSSR count). The molecule has 4 aromatic carbocycles. The molecule has 1 N–H and O–H groups in total. The number of rotatable bonds is 5. The van der Waals surface area contributed by atoms with E-state index in [4.69, 9.17) is 20.8 Å². The zero-order valence-corrected chi connectivity index (χ0v) is 28.9. The van der Waals surface area contributed by atoms with Crippen molar-refractivity contribution in [3.8, 4) is 23.0 Å². The maximum Gasteiger partial charge on any atom is 0.241 e. The van der Waals surface area contributed by atoms with Crippen molar-refractivity contribution in [1.82, 2.24) is 4.98 Å². The Kier molecular flexibility index (Phi) is 7.21. The largest absolute Gasteiger partial charge is 0.503 e. The van der Waals surface area contributed by atoms with Crippen molar-refractivity contribution in [3.63, 3.8) is 0 Å². The first-order valence-electron chi connectivity index (χ1n) is 17.2. The van der Waals surface area contributed by atoms with Gasteiger partial charge in [0.25, 0.3) is 0 Å². The minimum atomic E-state index is -1.26. The maximum absolute atomic E-state index is 14.6. The number of fused-ring (bicyclic) bond motifs is 5. The van der Waals surface area contributed by atoms with Gasteiger partial charge in [0.1, 0.15) is 5.52 Å². The summed E-state index contributed by atoms with van der Waals surface area (Å²) in [5.74, 6) is -4.49. The van der Waals surface area contributed by atoms with E-state index < -0.39 is 35.0 Å². The lowest BCUT2D eigenvalue weighted by molar-refractivity contribution is -0.131. The molecule has 1 saturated carbocycles. The lowest BCUT2D eigenvalue weighted by atomic mass is 9.51. The van der Waals surface area contributed by atoms with Crippen LogP contribution in [0.25, 0.3) is 22.6 Å². The van der Waals surface area contributed by atoms with Crippen molar-refractivity contribution < 1.29 is 33.4 Å². The number of nitrogens with zero attached hydrogens (tertiary/aromatic N) is 3. The van der Waals surface area contributed by atoms with Gasteiger partial charge in [-0.25, -0.2) is 9.88 Å². The quantitative estimate of drug-likeness (QED) is 0.148. The number of ether oxygens (including phenoxy) is 1. The molecule has 2 aliphatic carbocycles. The van der Waals surface area contributed by atoms with Crippen molar-refractivity contribution in [3.05, 3.63) is 113 Å². The van der Waals surface area contributed by atoms with Gasteiger partial charge < -0.3 is 14.3 Å². The average Bonchev–Trinajstić information content (AvgIpc) is 3.76. The van der Waals surface area contributed by atoms with Crippen LogP contribution in [0.3, 0.4) is 0 Å². The fourth-order valence-corrected chi connectivity index (χ4v) is 9.36. The summed E-state index contributed by atoms with van der Waals surface area (Å²) in [5.41, 5.74) is 3.08. The molecule has 6 atom stereocenters. The van der Waals surface area contributed by atoms with Crippen LogP contribution in [0.1, 0.15) is 31.2 Å². The van der Waals surface area contributed by atoms with Gasteiger partial charge in [-0.15, -0.1) is 0 Å². The Morgan fingerprint density at radius 2 is 1.58 bits per heavy atom. The van der Waals surface area contributed by atoms with E-state index in [0.29, 0.717) is 34.0 Å². The number of amides is 4. The molecule has 3 fully saturated rings. The molecule has 0 bridgehead atoms. The Hall–Kier alpha value is -5.74. The first-order valence-corrected chi connectivity index (χ1v) is 17.5. The molecule has 2 aliphatic heterocycles. The predicted octanol–water partition coefficient (Wildman–Crippen LogP) is 7.30. The highest BCUT2D eigenvalue weighted by atomic mass is 35.5. The molecule has 52 heavy (non-hydrogen) atoms. The molecule has 11 heteroatoms. The molecule has 2 saturated heterocycles. The number of allylic oxidation sites excluding steroid dienone is 2. The standard InChI is InChI=1S/C41H32ClN3O7/c1-41-28(38(48)45(40(41)50)23-8-4-3-5-9-23)20-27-25(34(41)22-18-29(42)35(46)32(19-22)51-2)16-17-26-33(27)39(49)44(37(26)47)24-14-12-21(13-15-24)36-43-30-10-6-7-11-31(30)52-36/h3-16,18-19,26-28,33-34,46H,17,20H2,1-2H3. The van der Waals surface area contributed by atoms with Crippen molar-refractivity contribution in [2.45, 2.75) is 25.7 Å². The second-order valence-electron chi connectivity index (χ2n) is 14.1. The number of anilines is 2. The Labute approximate surface area is 303 Å². The minimum Gasteiger partial charge on any atom is -0.503 e. The van der Waals surface area contributed by atoms with E-state index in [-0.39, 0.29) is 53.0 Å². The van der Waals surface area contributed by atoms with Crippen LogP contribution in [0.4, 0.5) is 11.4 Å². The highest BCUT2D eigenvalue weighted by molar-refractivity contribution is 6.32. The zero-order valence-electron chi connectivity index (χ0n) is 28.2. The third-order valence-corrected chi connectivity index (χ3v) is 11.8. The zero-order chi connectivity index (χ0) is 36.1. The fraction of sp³-hybridized carbons (Fsp3) is 0.244. The number of aromatic hydroxyl groups is 1. The lowest BCUT2D eigenvalue weighted by Gasteiger charge is -2.49. The average molecular weight is 714 g/mol. The van der Waals surface area contributed by atoms with Crippen LogP contribution in [0.15, 0.2) is 107 Å². The number of imide groups is 2. The monoisotopic (exact) mass is 713 g/mol. The summed E-state index contributed by atoms with van der Waals surface area (Å²) < 4.78 is 11.4. The number of phenols is 1. The molecular formula is C41H32ClN3O7. The van der Waals surface area contributed by atoms with Gasteiger partial charge in [-0.3, -0.25) is 24.1 Å². The van der Waals surface area contributed by atoms with Crippen LogP contribution in [-0.4, -0.2) is 40.8 Å². The van der Waals surface area contributed by atoms with Crippen LogP contribution in [0.5, 0.6) is 11.5 Å². The summed E-state index contributed by atoms with van der Waals surface area (Å²) >= 11 is 6.53. The number of benzene rings is 4. The Morgan fingerprint density at radius 1 is 0.865 bits per heavy atom. The number of carbonyl (C=O) groups is 4. The first kappa shape index (κ1) is 32.2. The van der Waals surface area contributed by atoms with Crippen LogP contribution in [-0.2, 0) is 19.2 Å². The van der Waals surface area contributed by atoms with Gasteiger partial charge in [0.2, 0.25) is 29.5 Å². The number of para-hydroxylation sites is 3. The molecular weight excluding hydrogens is 682 g/mol. The number of halogens is 1. The van der Waals surface area contributed by atoms with E-state index >= 15 is 0 Å². The number of oxazole rings is 1. The van der Waals surface area contributed by atoms with Gasteiger partial charge in [-0.2, -0.15) is 0 Å². The van der Waals surface area contributed by atoms with Crippen LogP contribution < -0.4 is 14.5 Å². The molecule has 260 valence electrons.